The van der Waals surface area contributed by atoms with Gasteiger partial charge in [0.1, 0.15) is 11.4 Å². The molecular weight excluding hydrogens is 209 g/mol. The number of esters is 1. The number of rotatable bonds is 2. The maximum absolute atomic E-state index is 13.0. The molecule has 0 fully saturated rings. The molecule has 0 bridgehead atoms. The lowest BCUT2D eigenvalue weighted by Crippen LogP contribution is -2.46. The number of hydrogen-bond acceptors (Lipinski definition) is 3. The molecule has 16 heavy (non-hydrogen) atoms. The standard InChI is InChI=1S/C12H14FNO2/c1-12(7-14-2)6-8-3-4-9(13)5-10(8)11(15)16-12/h3-5,14H,6-7H2,1-2H3. The van der Waals surface area contributed by atoms with Gasteiger partial charge in [-0.25, -0.2) is 9.18 Å². The number of nitrogens with one attached hydrogen (secondary N) is 1. The van der Waals surface area contributed by atoms with Gasteiger partial charge in [-0.1, -0.05) is 6.07 Å². The zero-order valence-corrected chi connectivity index (χ0v) is 9.34. The second-order valence-electron chi connectivity index (χ2n) is 4.35. The second kappa shape index (κ2) is 3.87. The molecule has 1 aliphatic rings. The molecule has 4 heteroatoms. The number of benzene rings is 1. The number of likely N-dealkylation sites (N-methyl/N-ethyl adjacent to an activating group) is 1. The van der Waals surface area contributed by atoms with Crippen LogP contribution in [0.25, 0.3) is 0 Å². The van der Waals surface area contributed by atoms with Gasteiger partial charge in [-0.2, -0.15) is 0 Å². The molecule has 1 heterocycles. The molecule has 2 rings (SSSR count). The number of halogens is 1. The summed E-state index contributed by atoms with van der Waals surface area (Å²) in [7, 11) is 1.80. The van der Waals surface area contributed by atoms with Crippen molar-refractivity contribution in [2.75, 3.05) is 13.6 Å². The molecule has 0 radical (unpaired) electrons. The smallest absolute Gasteiger partial charge is 0.339 e. The van der Waals surface area contributed by atoms with E-state index in [2.05, 4.69) is 5.32 Å². The molecule has 1 atom stereocenters. The van der Waals surface area contributed by atoms with E-state index in [9.17, 15) is 9.18 Å². The average Bonchev–Trinajstić information content (AvgIpc) is 2.19. The fourth-order valence-corrected chi connectivity index (χ4v) is 2.08. The third-order valence-corrected chi connectivity index (χ3v) is 2.75. The normalized spacial score (nSPS) is 23.8. The lowest BCUT2D eigenvalue weighted by atomic mass is 9.90. The maximum Gasteiger partial charge on any atom is 0.339 e. The highest BCUT2D eigenvalue weighted by atomic mass is 19.1. The first-order chi connectivity index (χ1) is 7.54. The molecule has 0 aromatic heterocycles. The molecule has 1 aromatic carbocycles. The second-order valence-corrected chi connectivity index (χ2v) is 4.35. The zero-order valence-electron chi connectivity index (χ0n) is 9.34. The van der Waals surface area contributed by atoms with Gasteiger partial charge >= 0.3 is 5.97 Å². The fourth-order valence-electron chi connectivity index (χ4n) is 2.08. The van der Waals surface area contributed by atoms with E-state index in [4.69, 9.17) is 4.74 Å². The highest BCUT2D eigenvalue weighted by Crippen LogP contribution is 2.28. The van der Waals surface area contributed by atoms with Crippen molar-refractivity contribution >= 4 is 5.97 Å². The Morgan fingerprint density at radius 3 is 3.00 bits per heavy atom. The first-order valence-electron chi connectivity index (χ1n) is 5.20. The Labute approximate surface area is 93.6 Å². The molecule has 86 valence electrons. The van der Waals surface area contributed by atoms with Crippen LogP contribution in [-0.2, 0) is 11.2 Å². The van der Waals surface area contributed by atoms with Crippen LogP contribution in [0.2, 0.25) is 0 Å². The van der Waals surface area contributed by atoms with Crippen molar-refractivity contribution in [2.45, 2.75) is 18.9 Å². The summed E-state index contributed by atoms with van der Waals surface area (Å²) in [5, 5.41) is 2.99. The van der Waals surface area contributed by atoms with Gasteiger partial charge in [-0.05, 0) is 31.7 Å². The van der Waals surface area contributed by atoms with E-state index in [1.165, 1.54) is 12.1 Å². The van der Waals surface area contributed by atoms with E-state index in [0.29, 0.717) is 18.5 Å². The molecule has 0 saturated carbocycles. The zero-order chi connectivity index (χ0) is 11.8. The number of carbonyl (C=O) groups excluding carboxylic acids is 1. The summed E-state index contributed by atoms with van der Waals surface area (Å²) in [5.41, 5.74) is 0.639. The molecule has 0 saturated heterocycles. The minimum atomic E-state index is -0.545. The first-order valence-corrected chi connectivity index (χ1v) is 5.20. The number of cyclic esters (lactones) is 1. The molecule has 0 aliphatic carbocycles. The van der Waals surface area contributed by atoms with E-state index < -0.39 is 17.4 Å². The summed E-state index contributed by atoms with van der Waals surface area (Å²) in [6.07, 6.45) is 0.606. The van der Waals surface area contributed by atoms with Crippen molar-refractivity contribution in [1.82, 2.24) is 5.32 Å². The SMILES string of the molecule is CNCC1(C)Cc2ccc(F)cc2C(=O)O1. The van der Waals surface area contributed by atoms with Crippen LogP contribution in [0.4, 0.5) is 4.39 Å². The minimum Gasteiger partial charge on any atom is -0.454 e. The van der Waals surface area contributed by atoms with Gasteiger partial charge in [-0.15, -0.1) is 0 Å². The topological polar surface area (TPSA) is 38.3 Å². The Kier molecular flexibility index (Phi) is 2.68. The minimum absolute atomic E-state index is 0.341. The molecule has 1 unspecified atom stereocenters. The van der Waals surface area contributed by atoms with Gasteiger partial charge in [0, 0.05) is 13.0 Å². The van der Waals surface area contributed by atoms with Crippen molar-refractivity contribution in [1.29, 1.82) is 0 Å². The van der Waals surface area contributed by atoms with E-state index in [0.717, 1.165) is 5.56 Å². The molecule has 1 N–H and O–H groups in total. The predicted molar refractivity (Wildman–Crippen MR) is 57.9 cm³/mol. The molecule has 3 nitrogen and oxygen atoms in total. The third-order valence-electron chi connectivity index (χ3n) is 2.75. The highest BCUT2D eigenvalue weighted by molar-refractivity contribution is 5.92. The van der Waals surface area contributed by atoms with E-state index in [1.54, 1.807) is 13.1 Å². The summed E-state index contributed by atoms with van der Waals surface area (Å²) in [5.74, 6) is -0.855. The van der Waals surface area contributed by atoms with Crippen LogP contribution in [0.5, 0.6) is 0 Å². The number of hydrogen-bond donors (Lipinski definition) is 1. The van der Waals surface area contributed by atoms with Crippen LogP contribution in [-0.4, -0.2) is 25.2 Å². The highest BCUT2D eigenvalue weighted by Gasteiger charge is 2.35. The van der Waals surface area contributed by atoms with Gasteiger partial charge < -0.3 is 10.1 Å². The van der Waals surface area contributed by atoms with E-state index in [1.807, 2.05) is 6.92 Å². The Hall–Kier alpha value is -1.42. The van der Waals surface area contributed by atoms with Gasteiger partial charge in [0.25, 0.3) is 0 Å². The summed E-state index contributed by atoms with van der Waals surface area (Å²) in [6.45, 7) is 2.45. The largest absolute Gasteiger partial charge is 0.454 e. The van der Waals surface area contributed by atoms with E-state index >= 15 is 0 Å². The van der Waals surface area contributed by atoms with Gasteiger partial charge in [0.05, 0.1) is 5.56 Å². The number of fused-ring (bicyclic) bond motifs is 1. The Morgan fingerprint density at radius 2 is 2.31 bits per heavy atom. The Morgan fingerprint density at radius 1 is 1.56 bits per heavy atom. The van der Waals surface area contributed by atoms with Gasteiger partial charge in [0.2, 0.25) is 0 Å². The van der Waals surface area contributed by atoms with Crippen molar-refractivity contribution < 1.29 is 13.9 Å². The Balaban J connectivity index is 2.37. The molecule has 1 aliphatic heterocycles. The van der Waals surface area contributed by atoms with Gasteiger partial charge in [0.15, 0.2) is 0 Å². The average molecular weight is 223 g/mol. The third kappa shape index (κ3) is 1.93. The molecular formula is C12H14FNO2. The van der Waals surface area contributed by atoms with E-state index in [-0.39, 0.29) is 0 Å². The molecule has 0 spiro atoms. The maximum atomic E-state index is 13.0. The summed E-state index contributed by atoms with van der Waals surface area (Å²) in [4.78, 5) is 11.7. The summed E-state index contributed by atoms with van der Waals surface area (Å²) in [6, 6.07) is 4.26. The van der Waals surface area contributed by atoms with Crippen molar-refractivity contribution in [3.63, 3.8) is 0 Å². The summed E-state index contributed by atoms with van der Waals surface area (Å²) < 4.78 is 18.3. The van der Waals surface area contributed by atoms with Crippen molar-refractivity contribution in [3.05, 3.63) is 35.1 Å². The lowest BCUT2D eigenvalue weighted by molar-refractivity contribution is -0.0140. The number of ether oxygens (including phenoxy) is 1. The monoisotopic (exact) mass is 223 g/mol. The number of carbonyl (C=O) groups is 1. The van der Waals surface area contributed by atoms with Crippen molar-refractivity contribution in [3.8, 4) is 0 Å². The van der Waals surface area contributed by atoms with Crippen molar-refractivity contribution in [2.24, 2.45) is 0 Å². The van der Waals surface area contributed by atoms with Crippen LogP contribution in [0.1, 0.15) is 22.8 Å². The summed E-state index contributed by atoms with van der Waals surface area (Å²) >= 11 is 0. The van der Waals surface area contributed by atoms with Gasteiger partial charge in [-0.3, -0.25) is 0 Å². The first kappa shape index (κ1) is 11.1. The van der Waals surface area contributed by atoms with Crippen LogP contribution < -0.4 is 5.32 Å². The Bertz CT molecular complexity index is 433. The van der Waals surface area contributed by atoms with Crippen LogP contribution >= 0.6 is 0 Å². The van der Waals surface area contributed by atoms with Crippen LogP contribution in [0.15, 0.2) is 18.2 Å². The predicted octanol–water partition coefficient (Wildman–Crippen LogP) is 1.52. The van der Waals surface area contributed by atoms with Crippen LogP contribution in [0, 0.1) is 5.82 Å². The van der Waals surface area contributed by atoms with Crippen LogP contribution in [0.3, 0.4) is 0 Å². The quantitative estimate of drug-likeness (QED) is 0.772. The fraction of sp³-hybridized carbons (Fsp3) is 0.417. The lowest BCUT2D eigenvalue weighted by Gasteiger charge is -2.34. The molecule has 1 aromatic rings. The molecule has 0 amide bonds.